The molecule has 0 radical (unpaired) electrons. The highest BCUT2D eigenvalue weighted by Crippen LogP contribution is 2.17. The maximum atomic E-state index is 12.0. The highest BCUT2D eigenvalue weighted by atomic mass is 19.4. The van der Waals surface area contributed by atoms with Gasteiger partial charge in [-0.25, -0.2) is 0 Å². The van der Waals surface area contributed by atoms with E-state index >= 15 is 0 Å². The molecule has 0 N–H and O–H groups in total. The zero-order valence-corrected chi connectivity index (χ0v) is 7.97. The van der Waals surface area contributed by atoms with E-state index in [1.54, 1.807) is 4.90 Å². The Morgan fingerprint density at radius 2 is 1.71 bits per heavy atom. The van der Waals surface area contributed by atoms with Crippen LogP contribution in [0.1, 0.15) is 6.92 Å². The number of hydrogen-bond acceptors (Lipinski definition) is 2. The first-order valence-electron chi connectivity index (χ1n) is 4.43. The number of carbonyl (C=O) groups is 1. The van der Waals surface area contributed by atoms with Crippen LogP contribution in [0, 0.1) is 0 Å². The Morgan fingerprint density at radius 3 is 2.07 bits per heavy atom. The van der Waals surface area contributed by atoms with Crippen LogP contribution < -0.4 is 0 Å². The molecule has 0 spiro atoms. The molecule has 0 bridgehead atoms. The minimum Gasteiger partial charge on any atom is -0.340 e. The Bertz CT molecular complexity index is 209. The third-order valence-electron chi connectivity index (χ3n) is 2.22. The van der Waals surface area contributed by atoms with Gasteiger partial charge in [-0.05, 0) is 0 Å². The van der Waals surface area contributed by atoms with Crippen LogP contribution in [0.3, 0.4) is 0 Å². The van der Waals surface area contributed by atoms with Gasteiger partial charge in [-0.15, -0.1) is 0 Å². The molecule has 1 aliphatic rings. The molecule has 1 rings (SSSR count). The number of carbonyl (C=O) groups excluding carboxylic acids is 1. The first-order valence-corrected chi connectivity index (χ1v) is 4.43. The first-order chi connectivity index (χ1) is 6.38. The fourth-order valence-electron chi connectivity index (χ4n) is 1.47. The Balaban J connectivity index is 2.33. The fraction of sp³-hybridized carbons (Fsp3) is 0.875. The molecule has 6 heteroatoms. The predicted octanol–water partition coefficient (Wildman–Crippen LogP) is 0.713. The third kappa shape index (κ3) is 3.53. The van der Waals surface area contributed by atoms with Crippen LogP contribution in [-0.4, -0.2) is 54.6 Å². The fourth-order valence-corrected chi connectivity index (χ4v) is 1.47. The van der Waals surface area contributed by atoms with Crippen molar-refractivity contribution in [3.8, 4) is 0 Å². The zero-order chi connectivity index (χ0) is 10.8. The number of amides is 1. The second-order valence-electron chi connectivity index (χ2n) is 3.40. The van der Waals surface area contributed by atoms with E-state index in [2.05, 4.69) is 0 Å². The highest BCUT2D eigenvalue weighted by Gasteiger charge is 2.32. The maximum Gasteiger partial charge on any atom is 0.401 e. The molecule has 0 unspecified atom stereocenters. The Labute approximate surface area is 80.5 Å². The first kappa shape index (κ1) is 11.3. The lowest BCUT2D eigenvalue weighted by molar-refractivity contribution is -0.151. The summed E-state index contributed by atoms with van der Waals surface area (Å²) >= 11 is 0. The molecule has 0 saturated carbocycles. The molecule has 0 aromatic rings. The average Bonchev–Trinajstić information content (AvgIpc) is 2.02. The largest absolute Gasteiger partial charge is 0.401 e. The lowest BCUT2D eigenvalue weighted by Crippen LogP contribution is -2.50. The van der Waals surface area contributed by atoms with Gasteiger partial charge in [0.1, 0.15) is 0 Å². The minimum atomic E-state index is -4.14. The molecule has 0 atom stereocenters. The van der Waals surface area contributed by atoms with Crippen molar-refractivity contribution >= 4 is 5.91 Å². The molecule has 0 aliphatic carbocycles. The quantitative estimate of drug-likeness (QED) is 0.636. The monoisotopic (exact) mass is 210 g/mol. The molecule has 82 valence electrons. The van der Waals surface area contributed by atoms with E-state index in [1.165, 1.54) is 11.8 Å². The number of rotatable bonds is 1. The summed E-state index contributed by atoms with van der Waals surface area (Å²) in [6.07, 6.45) is -4.14. The molecule has 1 aliphatic heterocycles. The van der Waals surface area contributed by atoms with Crippen molar-refractivity contribution in [1.82, 2.24) is 9.80 Å². The summed E-state index contributed by atoms with van der Waals surface area (Å²) in [5, 5.41) is 0. The molecule has 1 heterocycles. The van der Waals surface area contributed by atoms with Gasteiger partial charge in [-0.3, -0.25) is 9.69 Å². The van der Waals surface area contributed by atoms with Gasteiger partial charge in [-0.1, -0.05) is 0 Å². The van der Waals surface area contributed by atoms with Crippen molar-refractivity contribution in [3.63, 3.8) is 0 Å². The van der Waals surface area contributed by atoms with E-state index in [0.717, 1.165) is 0 Å². The SMILES string of the molecule is CC(=O)N1CCN(CC(F)(F)F)CC1. The number of hydrogen-bond donors (Lipinski definition) is 0. The van der Waals surface area contributed by atoms with Crippen molar-refractivity contribution in [2.24, 2.45) is 0 Å². The molecular formula is C8H13F3N2O. The van der Waals surface area contributed by atoms with Crippen molar-refractivity contribution in [2.75, 3.05) is 32.7 Å². The lowest BCUT2D eigenvalue weighted by Gasteiger charge is -2.34. The molecule has 1 saturated heterocycles. The third-order valence-corrected chi connectivity index (χ3v) is 2.22. The number of halogens is 3. The van der Waals surface area contributed by atoms with Gasteiger partial charge in [0.25, 0.3) is 0 Å². The Hall–Kier alpha value is -0.780. The highest BCUT2D eigenvalue weighted by molar-refractivity contribution is 5.73. The molecule has 0 aromatic heterocycles. The van der Waals surface area contributed by atoms with E-state index in [4.69, 9.17) is 0 Å². The summed E-state index contributed by atoms with van der Waals surface area (Å²) < 4.78 is 35.9. The normalized spacial score (nSPS) is 19.9. The van der Waals surface area contributed by atoms with Crippen molar-refractivity contribution in [2.45, 2.75) is 13.1 Å². The molecule has 14 heavy (non-hydrogen) atoms. The lowest BCUT2D eigenvalue weighted by atomic mass is 10.3. The van der Waals surface area contributed by atoms with Gasteiger partial charge < -0.3 is 4.90 Å². The summed E-state index contributed by atoms with van der Waals surface area (Å²) in [6, 6.07) is 0. The van der Waals surface area contributed by atoms with Gasteiger partial charge in [-0.2, -0.15) is 13.2 Å². The average molecular weight is 210 g/mol. The summed E-state index contributed by atoms with van der Waals surface area (Å²) in [5.74, 6) is -0.0725. The molecule has 3 nitrogen and oxygen atoms in total. The second kappa shape index (κ2) is 4.16. The summed E-state index contributed by atoms with van der Waals surface area (Å²) in [6.45, 7) is 1.95. The Morgan fingerprint density at radius 1 is 1.21 bits per heavy atom. The van der Waals surface area contributed by atoms with E-state index in [9.17, 15) is 18.0 Å². The van der Waals surface area contributed by atoms with Gasteiger partial charge in [0.05, 0.1) is 6.54 Å². The predicted molar refractivity (Wildman–Crippen MR) is 44.7 cm³/mol. The maximum absolute atomic E-state index is 12.0. The van der Waals surface area contributed by atoms with E-state index < -0.39 is 12.7 Å². The topological polar surface area (TPSA) is 23.6 Å². The molecule has 1 amide bonds. The van der Waals surface area contributed by atoms with Crippen molar-refractivity contribution in [3.05, 3.63) is 0 Å². The van der Waals surface area contributed by atoms with Crippen LogP contribution in [0.15, 0.2) is 0 Å². The van der Waals surface area contributed by atoms with Gasteiger partial charge in [0, 0.05) is 33.1 Å². The van der Waals surface area contributed by atoms with Gasteiger partial charge >= 0.3 is 6.18 Å². The molecule has 0 aromatic carbocycles. The van der Waals surface area contributed by atoms with Gasteiger partial charge in [0.15, 0.2) is 0 Å². The van der Waals surface area contributed by atoms with E-state index in [-0.39, 0.29) is 5.91 Å². The van der Waals surface area contributed by atoms with Crippen molar-refractivity contribution < 1.29 is 18.0 Å². The van der Waals surface area contributed by atoms with E-state index in [1.807, 2.05) is 0 Å². The van der Waals surface area contributed by atoms with Crippen LogP contribution in [0.4, 0.5) is 13.2 Å². The van der Waals surface area contributed by atoms with Crippen LogP contribution in [0.5, 0.6) is 0 Å². The standard InChI is InChI=1S/C8H13F3N2O/c1-7(14)13-4-2-12(3-5-13)6-8(9,10)11/h2-6H2,1H3. The summed E-state index contributed by atoms with van der Waals surface area (Å²) in [7, 11) is 0. The van der Waals surface area contributed by atoms with Gasteiger partial charge in [0.2, 0.25) is 5.91 Å². The summed E-state index contributed by atoms with van der Waals surface area (Å²) in [4.78, 5) is 13.8. The van der Waals surface area contributed by atoms with Crippen molar-refractivity contribution in [1.29, 1.82) is 0 Å². The smallest absolute Gasteiger partial charge is 0.340 e. The summed E-state index contributed by atoms with van der Waals surface area (Å²) in [5.41, 5.74) is 0. The molecular weight excluding hydrogens is 197 g/mol. The number of piperazine rings is 1. The number of alkyl halides is 3. The zero-order valence-electron chi connectivity index (χ0n) is 7.97. The van der Waals surface area contributed by atoms with Crippen LogP contribution in [0.25, 0.3) is 0 Å². The van der Waals surface area contributed by atoms with Crippen LogP contribution >= 0.6 is 0 Å². The van der Waals surface area contributed by atoms with E-state index in [0.29, 0.717) is 26.2 Å². The Kier molecular flexibility index (Phi) is 3.36. The number of nitrogens with zero attached hydrogens (tertiary/aromatic N) is 2. The van der Waals surface area contributed by atoms with Crippen LogP contribution in [-0.2, 0) is 4.79 Å². The minimum absolute atomic E-state index is 0.0725. The van der Waals surface area contributed by atoms with Crippen LogP contribution in [0.2, 0.25) is 0 Å². The second-order valence-corrected chi connectivity index (χ2v) is 3.40. The molecule has 1 fully saturated rings.